The number of unbranched alkanes of at least 4 members (excludes halogenated alkanes) is 1. The van der Waals surface area contributed by atoms with Gasteiger partial charge in [0.15, 0.2) is 5.78 Å². The number of carbonyl (C=O) groups is 1. The van der Waals surface area contributed by atoms with E-state index in [1.54, 1.807) is 4.52 Å². The number of benzene rings is 1. The van der Waals surface area contributed by atoms with Gasteiger partial charge in [0.05, 0.1) is 32.3 Å². The van der Waals surface area contributed by atoms with Gasteiger partial charge in [0, 0.05) is 17.8 Å². The normalized spacial score (nSPS) is 14.3. The molecule has 4 rings (SSSR count). The first-order valence-corrected chi connectivity index (χ1v) is 13.5. The summed E-state index contributed by atoms with van der Waals surface area (Å²) in [6.45, 7) is 3.74. The van der Waals surface area contributed by atoms with E-state index in [2.05, 4.69) is 49.2 Å². The summed E-state index contributed by atoms with van der Waals surface area (Å²) in [5, 5.41) is 8.30. The van der Waals surface area contributed by atoms with Crippen LogP contribution in [0.4, 0.5) is 0 Å². The van der Waals surface area contributed by atoms with Gasteiger partial charge in [-0.2, -0.15) is 5.10 Å². The minimum atomic E-state index is -0.0176. The van der Waals surface area contributed by atoms with Crippen LogP contribution in [-0.4, -0.2) is 34.6 Å². The summed E-state index contributed by atoms with van der Waals surface area (Å²) < 4.78 is 9.40. The maximum absolute atomic E-state index is 13.6. The Morgan fingerprint density at radius 1 is 1.18 bits per heavy atom. The highest BCUT2D eigenvalue weighted by atomic mass is 79.9. The smallest absolute Gasteiger partial charge is 0.197 e. The first-order valence-electron chi connectivity index (χ1n) is 11.9. The van der Waals surface area contributed by atoms with E-state index in [1.807, 2.05) is 36.5 Å². The minimum absolute atomic E-state index is 0.0176. The predicted molar refractivity (Wildman–Crippen MR) is 139 cm³/mol. The average Bonchev–Trinajstić information content (AvgIpc) is 3.45. The number of aromatic nitrogens is 2. The molecular weight excluding hydrogens is 546 g/mol. The predicted octanol–water partition coefficient (Wildman–Crippen LogP) is 6.73. The SMILES string of the molecule is CCCCc1nn2ccccc2c1C(=O)c1cc(Br)c(OCCCNC2CCCC2)c(Br)c1. The number of fused-ring (bicyclic) bond motifs is 1. The Kier molecular flexibility index (Phi) is 8.61. The topological polar surface area (TPSA) is 55.6 Å². The van der Waals surface area contributed by atoms with E-state index in [4.69, 9.17) is 4.74 Å². The van der Waals surface area contributed by atoms with Gasteiger partial charge in [0.1, 0.15) is 5.75 Å². The lowest BCUT2D eigenvalue weighted by Gasteiger charge is -2.14. The largest absolute Gasteiger partial charge is 0.491 e. The molecule has 5 nitrogen and oxygen atoms in total. The summed E-state index contributed by atoms with van der Waals surface area (Å²) in [6.07, 6.45) is 11.0. The molecule has 1 N–H and O–H groups in total. The molecule has 1 fully saturated rings. The van der Waals surface area contributed by atoms with Crippen molar-refractivity contribution >= 4 is 43.2 Å². The first kappa shape index (κ1) is 24.4. The molecule has 0 aliphatic heterocycles. The third-order valence-corrected chi connectivity index (χ3v) is 7.40. The summed E-state index contributed by atoms with van der Waals surface area (Å²) in [7, 11) is 0. The van der Waals surface area contributed by atoms with Gasteiger partial charge in [-0.1, -0.05) is 32.3 Å². The van der Waals surface area contributed by atoms with Crippen molar-refractivity contribution in [3.8, 4) is 5.75 Å². The fraction of sp³-hybridized carbons (Fsp3) is 0.462. The summed E-state index contributed by atoms with van der Waals surface area (Å²) in [5.41, 5.74) is 3.00. The van der Waals surface area contributed by atoms with Gasteiger partial charge in [-0.05, 0) is 94.8 Å². The van der Waals surface area contributed by atoms with E-state index >= 15 is 0 Å². The number of hydrogen-bond donors (Lipinski definition) is 1. The fourth-order valence-electron chi connectivity index (χ4n) is 4.47. The molecule has 0 amide bonds. The Hall–Kier alpha value is -1.70. The lowest BCUT2D eigenvalue weighted by molar-refractivity contribution is 0.103. The number of pyridine rings is 1. The van der Waals surface area contributed by atoms with E-state index in [9.17, 15) is 4.79 Å². The Bertz CT molecular complexity index is 1080. The highest BCUT2D eigenvalue weighted by Gasteiger charge is 2.22. The van der Waals surface area contributed by atoms with Crippen molar-refractivity contribution in [2.24, 2.45) is 0 Å². The van der Waals surface area contributed by atoms with Gasteiger partial charge in [0.25, 0.3) is 0 Å². The van der Waals surface area contributed by atoms with Gasteiger partial charge >= 0.3 is 0 Å². The number of nitrogens with zero attached hydrogens (tertiary/aromatic N) is 2. The summed E-state index contributed by atoms with van der Waals surface area (Å²) >= 11 is 7.24. The molecule has 1 aliphatic rings. The molecule has 7 heteroatoms. The zero-order valence-electron chi connectivity index (χ0n) is 19.1. The Morgan fingerprint density at radius 2 is 1.94 bits per heavy atom. The van der Waals surface area contributed by atoms with E-state index in [1.165, 1.54) is 25.7 Å². The second-order valence-electron chi connectivity index (χ2n) is 8.69. The number of ketones is 1. The van der Waals surface area contributed by atoms with Crippen LogP contribution in [0.2, 0.25) is 0 Å². The number of halogens is 2. The van der Waals surface area contributed by atoms with Gasteiger partial charge in [-0.15, -0.1) is 0 Å². The Morgan fingerprint density at radius 3 is 2.67 bits per heavy atom. The summed E-state index contributed by atoms with van der Waals surface area (Å²) in [5.74, 6) is 0.717. The molecule has 0 spiro atoms. The number of aryl methyl sites for hydroxylation is 1. The van der Waals surface area contributed by atoms with Crippen molar-refractivity contribution in [2.45, 2.75) is 64.3 Å². The Balaban J connectivity index is 1.47. The van der Waals surface area contributed by atoms with Crippen molar-refractivity contribution in [1.29, 1.82) is 0 Å². The van der Waals surface area contributed by atoms with Crippen molar-refractivity contribution in [3.05, 3.63) is 62.3 Å². The first-order chi connectivity index (χ1) is 16.1. The van der Waals surface area contributed by atoms with Crippen molar-refractivity contribution in [3.63, 3.8) is 0 Å². The number of rotatable bonds is 11. The van der Waals surface area contributed by atoms with Crippen molar-refractivity contribution < 1.29 is 9.53 Å². The third kappa shape index (κ3) is 5.87. The van der Waals surface area contributed by atoms with E-state index < -0.39 is 0 Å². The Labute approximate surface area is 212 Å². The summed E-state index contributed by atoms with van der Waals surface area (Å²) in [4.78, 5) is 13.6. The number of hydrogen-bond acceptors (Lipinski definition) is 4. The molecule has 1 saturated carbocycles. The second-order valence-corrected chi connectivity index (χ2v) is 10.4. The molecule has 2 heterocycles. The maximum Gasteiger partial charge on any atom is 0.197 e. The minimum Gasteiger partial charge on any atom is -0.491 e. The number of nitrogens with one attached hydrogen (secondary N) is 1. The van der Waals surface area contributed by atoms with Crippen LogP contribution in [0.3, 0.4) is 0 Å². The zero-order chi connectivity index (χ0) is 23.2. The quantitative estimate of drug-likeness (QED) is 0.203. The molecule has 0 unspecified atom stereocenters. The van der Waals surface area contributed by atoms with Crippen LogP contribution < -0.4 is 10.1 Å². The monoisotopic (exact) mass is 575 g/mol. The van der Waals surface area contributed by atoms with Crippen molar-refractivity contribution in [2.75, 3.05) is 13.2 Å². The van der Waals surface area contributed by atoms with Gasteiger partial charge < -0.3 is 10.1 Å². The highest BCUT2D eigenvalue weighted by Crippen LogP contribution is 2.36. The molecule has 176 valence electrons. The van der Waals surface area contributed by atoms with E-state index in [-0.39, 0.29) is 5.78 Å². The molecule has 1 aromatic carbocycles. The number of ether oxygens (including phenoxy) is 1. The fourth-order valence-corrected chi connectivity index (χ4v) is 5.89. The lowest BCUT2D eigenvalue weighted by atomic mass is 9.99. The molecule has 2 aromatic heterocycles. The van der Waals surface area contributed by atoms with Crippen LogP contribution in [0.5, 0.6) is 5.75 Å². The van der Waals surface area contributed by atoms with Crippen LogP contribution in [0.15, 0.2) is 45.5 Å². The molecular formula is C26H31Br2N3O2. The van der Waals surface area contributed by atoms with Crippen LogP contribution in [0.1, 0.15) is 73.5 Å². The highest BCUT2D eigenvalue weighted by molar-refractivity contribution is 9.11. The third-order valence-electron chi connectivity index (χ3n) is 6.22. The standard InChI is InChI=1S/C26H31Br2N3O2/c1-2-3-11-22-24(23-12-6-7-14-31(23)30-22)25(32)18-16-20(27)26(21(28)17-18)33-15-8-13-29-19-9-4-5-10-19/h6-7,12,14,16-17,19,29H,2-5,8-11,13,15H2,1H3. The van der Waals surface area contributed by atoms with Crippen LogP contribution in [0, 0.1) is 0 Å². The van der Waals surface area contributed by atoms with Gasteiger partial charge in [0.2, 0.25) is 0 Å². The molecule has 0 saturated heterocycles. The molecule has 1 aliphatic carbocycles. The molecule has 3 aromatic rings. The molecule has 0 radical (unpaired) electrons. The van der Waals surface area contributed by atoms with Gasteiger partial charge in [-0.3, -0.25) is 4.79 Å². The second kappa shape index (κ2) is 11.6. The summed E-state index contributed by atoms with van der Waals surface area (Å²) in [6, 6.07) is 10.2. The maximum atomic E-state index is 13.6. The zero-order valence-corrected chi connectivity index (χ0v) is 22.3. The molecule has 33 heavy (non-hydrogen) atoms. The van der Waals surface area contributed by atoms with E-state index in [0.717, 1.165) is 58.1 Å². The van der Waals surface area contributed by atoms with Gasteiger partial charge in [-0.25, -0.2) is 4.52 Å². The number of carbonyl (C=O) groups excluding carboxylic acids is 1. The molecule has 0 atom stereocenters. The van der Waals surface area contributed by atoms with E-state index in [0.29, 0.717) is 23.8 Å². The van der Waals surface area contributed by atoms with Crippen LogP contribution in [0.25, 0.3) is 5.52 Å². The lowest BCUT2D eigenvalue weighted by Crippen LogP contribution is -2.27. The van der Waals surface area contributed by atoms with Crippen molar-refractivity contribution in [1.82, 2.24) is 14.9 Å². The van der Waals surface area contributed by atoms with Crippen LogP contribution in [-0.2, 0) is 6.42 Å². The average molecular weight is 577 g/mol. The van der Waals surface area contributed by atoms with Crippen LogP contribution >= 0.6 is 31.9 Å². The molecule has 0 bridgehead atoms.